The second kappa shape index (κ2) is 10.3. The highest BCUT2D eigenvalue weighted by atomic mass is 19.1. The van der Waals surface area contributed by atoms with Gasteiger partial charge in [-0.3, -0.25) is 4.79 Å². The Morgan fingerprint density at radius 1 is 1.16 bits per heavy atom. The molecule has 0 amide bonds. The van der Waals surface area contributed by atoms with Gasteiger partial charge in [0, 0.05) is 42.5 Å². The van der Waals surface area contributed by atoms with Crippen LogP contribution < -0.4 is 20.5 Å². The van der Waals surface area contributed by atoms with Gasteiger partial charge in [-0.05, 0) is 48.9 Å². The van der Waals surface area contributed by atoms with Crippen molar-refractivity contribution in [2.24, 2.45) is 0 Å². The predicted molar refractivity (Wildman–Crippen MR) is 143 cm³/mol. The second-order valence-electron chi connectivity index (χ2n) is 9.56. The molecular weight excluding hydrogens is 485 g/mol. The van der Waals surface area contributed by atoms with E-state index in [1.807, 2.05) is 43.3 Å². The molecule has 4 heterocycles. The van der Waals surface area contributed by atoms with Crippen LogP contribution in [0.15, 0.2) is 71.9 Å². The number of aromatic amines is 1. The average molecular weight is 514 g/mol. The third-order valence-electron chi connectivity index (χ3n) is 7.04. The van der Waals surface area contributed by atoms with Crippen molar-refractivity contribution >= 4 is 11.4 Å². The van der Waals surface area contributed by atoms with Crippen LogP contribution in [0.1, 0.15) is 47.1 Å². The third kappa shape index (κ3) is 4.72. The SMILES string of the molecule is CC(Nc1ccc2c(c1)Cc1cccc(C3CN(c4ccc[nH]c4=O)CCO3)c1O2)c1cc(CF)ncn1. The lowest BCUT2D eigenvalue weighted by Gasteiger charge is -2.35. The van der Waals surface area contributed by atoms with Gasteiger partial charge in [0.25, 0.3) is 5.56 Å². The molecule has 2 atom stereocenters. The number of hydrogen-bond acceptors (Lipinski definition) is 7. The van der Waals surface area contributed by atoms with Crippen molar-refractivity contribution in [1.29, 1.82) is 0 Å². The molecule has 0 bridgehead atoms. The molecule has 194 valence electrons. The van der Waals surface area contributed by atoms with E-state index in [1.54, 1.807) is 12.3 Å². The van der Waals surface area contributed by atoms with E-state index in [0.29, 0.717) is 31.1 Å². The molecule has 8 nitrogen and oxygen atoms in total. The quantitative estimate of drug-likeness (QED) is 0.327. The van der Waals surface area contributed by atoms with Crippen molar-refractivity contribution in [1.82, 2.24) is 15.0 Å². The molecule has 1 saturated heterocycles. The van der Waals surface area contributed by atoms with Gasteiger partial charge in [-0.1, -0.05) is 18.2 Å². The highest BCUT2D eigenvalue weighted by Gasteiger charge is 2.29. The third-order valence-corrected chi connectivity index (χ3v) is 7.04. The largest absolute Gasteiger partial charge is 0.456 e. The molecule has 2 aromatic carbocycles. The molecule has 2 N–H and O–H groups in total. The molecule has 1 fully saturated rings. The van der Waals surface area contributed by atoms with Crippen molar-refractivity contribution < 1.29 is 13.9 Å². The Bertz CT molecular complexity index is 1520. The lowest BCUT2D eigenvalue weighted by Crippen LogP contribution is -2.41. The number of aromatic nitrogens is 3. The molecule has 4 aromatic rings. The Kier molecular flexibility index (Phi) is 6.51. The molecule has 0 spiro atoms. The summed E-state index contributed by atoms with van der Waals surface area (Å²) in [6.45, 7) is 3.10. The van der Waals surface area contributed by atoms with E-state index in [4.69, 9.17) is 9.47 Å². The van der Waals surface area contributed by atoms with Crippen molar-refractivity contribution in [2.75, 3.05) is 29.9 Å². The van der Waals surface area contributed by atoms with Gasteiger partial charge in [-0.2, -0.15) is 0 Å². The number of para-hydroxylation sites is 1. The van der Waals surface area contributed by atoms with Gasteiger partial charge >= 0.3 is 0 Å². The van der Waals surface area contributed by atoms with Crippen LogP contribution in [-0.2, 0) is 17.8 Å². The van der Waals surface area contributed by atoms with E-state index in [-0.39, 0.29) is 17.7 Å². The summed E-state index contributed by atoms with van der Waals surface area (Å²) in [4.78, 5) is 25.4. The van der Waals surface area contributed by atoms with Gasteiger partial charge in [0.1, 0.15) is 36.3 Å². The summed E-state index contributed by atoms with van der Waals surface area (Å²) < 4.78 is 25.6. The van der Waals surface area contributed by atoms with E-state index in [1.165, 1.54) is 6.33 Å². The molecule has 2 aromatic heterocycles. The Hall–Kier alpha value is -4.24. The Labute approximate surface area is 219 Å². The minimum absolute atomic E-state index is 0.102. The topological polar surface area (TPSA) is 92.4 Å². The Morgan fingerprint density at radius 3 is 2.95 bits per heavy atom. The lowest BCUT2D eigenvalue weighted by molar-refractivity contribution is 0.0383. The Morgan fingerprint density at radius 2 is 2.08 bits per heavy atom. The molecule has 0 radical (unpaired) electrons. The number of H-pyrrole nitrogens is 1. The van der Waals surface area contributed by atoms with Crippen LogP contribution >= 0.6 is 0 Å². The monoisotopic (exact) mass is 513 g/mol. The summed E-state index contributed by atoms with van der Waals surface area (Å²) in [5.41, 5.74) is 5.71. The molecule has 38 heavy (non-hydrogen) atoms. The molecular formula is C29H28FN5O3. The van der Waals surface area contributed by atoms with Crippen LogP contribution in [-0.4, -0.2) is 34.6 Å². The minimum Gasteiger partial charge on any atom is -0.456 e. The standard InChI is InChI=1S/C29H28FN5O3/c1-18(24-14-22(15-30)32-17-33-24)34-21-7-8-26-20(13-21)12-19-4-2-5-23(28(19)38-26)27-16-35(10-11-37-27)25-6-3-9-31-29(25)36/h2-9,13-14,17-18,27,34H,10-12,15-16H2,1H3,(H,31,36). The number of rotatable bonds is 6. The van der Waals surface area contributed by atoms with E-state index in [9.17, 15) is 9.18 Å². The second-order valence-corrected chi connectivity index (χ2v) is 9.56. The number of ether oxygens (including phenoxy) is 2. The van der Waals surface area contributed by atoms with Gasteiger partial charge < -0.3 is 24.7 Å². The molecule has 0 aliphatic carbocycles. The number of nitrogens with zero attached hydrogens (tertiary/aromatic N) is 3. The van der Waals surface area contributed by atoms with Crippen LogP contribution in [0.5, 0.6) is 11.5 Å². The number of alkyl halides is 1. The van der Waals surface area contributed by atoms with Gasteiger partial charge in [0.15, 0.2) is 0 Å². The summed E-state index contributed by atoms with van der Waals surface area (Å²) in [5.74, 6) is 1.62. The number of halogens is 1. The van der Waals surface area contributed by atoms with E-state index in [0.717, 1.165) is 46.0 Å². The van der Waals surface area contributed by atoms with Gasteiger partial charge in [0.05, 0.1) is 24.0 Å². The zero-order valence-corrected chi connectivity index (χ0v) is 21.0. The molecule has 2 aliphatic rings. The molecule has 9 heteroatoms. The fourth-order valence-corrected chi connectivity index (χ4v) is 5.11. The summed E-state index contributed by atoms with van der Waals surface area (Å²) >= 11 is 0. The highest BCUT2D eigenvalue weighted by molar-refractivity contribution is 5.59. The van der Waals surface area contributed by atoms with Crippen LogP contribution in [0.25, 0.3) is 0 Å². The molecule has 2 aliphatic heterocycles. The summed E-state index contributed by atoms with van der Waals surface area (Å²) in [6.07, 6.45) is 3.54. The van der Waals surface area contributed by atoms with Gasteiger partial charge in [-0.15, -0.1) is 0 Å². The number of morpholine rings is 1. The fraction of sp³-hybridized carbons (Fsp3) is 0.276. The van der Waals surface area contributed by atoms with Crippen molar-refractivity contribution in [3.8, 4) is 11.5 Å². The zero-order chi connectivity index (χ0) is 26.1. The molecule has 6 rings (SSSR count). The molecule has 0 saturated carbocycles. The van der Waals surface area contributed by atoms with Crippen molar-refractivity contribution in [3.63, 3.8) is 0 Å². The number of hydrogen-bond donors (Lipinski definition) is 2. The summed E-state index contributed by atoms with van der Waals surface area (Å²) in [7, 11) is 0. The normalized spacial score (nSPS) is 17.2. The van der Waals surface area contributed by atoms with E-state index >= 15 is 0 Å². The predicted octanol–water partition coefficient (Wildman–Crippen LogP) is 5.08. The number of fused-ring (bicyclic) bond motifs is 2. The summed E-state index contributed by atoms with van der Waals surface area (Å²) in [5, 5.41) is 3.45. The maximum absolute atomic E-state index is 13.0. The van der Waals surface area contributed by atoms with Gasteiger partial charge in [0.2, 0.25) is 0 Å². The maximum Gasteiger partial charge on any atom is 0.271 e. The van der Waals surface area contributed by atoms with Crippen LogP contribution in [0.4, 0.5) is 15.8 Å². The Balaban J connectivity index is 1.21. The number of benzene rings is 2. The first-order valence-electron chi connectivity index (χ1n) is 12.7. The maximum atomic E-state index is 13.0. The molecule has 2 unspecified atom stereocenters. The first-order chi connectivity index (χ1) is 18.6. The van der Waals surface area contributed by atoms with Crippen LogP contribution in [0.3, 0.4) is 0 Å². The number of pyridine rings is 1. The highest BCUT2D eigenvalue weighted by Crippen LogP contribution is 2.43. The summed E-state index contributed by atoms with van der Waals surface area (Å²) in [6, 6.07) is 17.4. The average Bonchev–Trinajstić information content (AvgIpc) is 2.96. The minimum atomic E-state index is -0.617. The fourth-order valence-electron chi connectivity index (χ4n) is 5.11. The van der Waals surface area contributed by atoms with Crippen molar-refractivity contribution in [3.05, 3.63) is 106 Å². The lowest BCUT2D eigenvalue weighted by atomic mass is 9.95. The van der Waals surface area contributed by atoms with E-state index in [2.05, 4.69) is 37.3 Å². The van der Waals surface area contributed by atoms with E-state index < -0.39 is 6.67 Å². The first-order valence-corrected chi connectivity index (χ1v) is 12.7. The van der Waals surface area contributed by atoms with Gasteiger partial charge in [-0.25, -0.2) is 14.4 Å². The smallest absolute Gasteiger partial charge is 0.271 e. The number of anilines is 2. The van der Waals surface area contributed by atoms with Crippen molar-refractivity contribution in [2.45, 2.75) is 32.2 Å². The van der Waals surface area contributed by atoms with Crippen LogP contribution in [0, 0.1) is 0 Å². The zero-order valence-electron chi connectivity index (χ0n) is 21.0. The van der Waals surface area contributed by atoms with Crippen LogP contribution in [0.2, 0.25) is 0 Å². The first kappa shape index (κ1) is 24.1. The number of nitrogens with one attached hydrogen (secondary N) is 2.